The number of hydrogen-bond acceptors (Lipinski definition) is 4. The number of aromatic nitrogens is 2. The molecule has 0 bridgehead atoms. The summed E-state index contributed by atoms with van der Waals surface area (Å²) < 4.78 is 12.1. The molecule has 0 atom stereocenters. The van der Waals surface area contributed by atoms with Crippen molar-refractivity contribution in [1.82, 2.24) is 15.1 Å². The third-order valence-corrected chi connectivity index (χ3v) is 4.85. The minimum atomic E-state index is -0.124. The van der Waals surface area contributed by atoms with Gasteiger partial charge < -0.3 is 14.4 Å². The van der Waals surface area contributed by atoms with Crippen molar-refractivity contribution in [2.24, 2.45) is 0 Å². The summed E-state index contributed by atoms with van der Waals surface area (Å²) in [5.41, 5.74) is 3.11. The molecule has 0 saturated heterocycles. The van der Waals surface area contributed by atoms with Crippen LogP contribution in [0.2, 0.25) is 0 Å². The van der Waals surface area contributed by atoms with Gasteiger partial charge in [0.25, 0.3) is 5.91 Å². The molecule has 2 heterocycles. The molecule has 0 saturated carbocycles. The van der Waals surface area contributed by atoms with Crippen LogP contribution in [0.25, 0.3) is 11.3 Å². The van der Waals surface area contributed by atoms with Gasteiger partial charge in [-0.2, -0.15) is 5.10 Å². The molecule has 0 fully saturated rings. The second-order valence-electron chi connectivity index (χ2n) is 6.31. The number of carbonyl (C=O) groups excluding carboxylic acids is 1. The van der Waals surface area contributed by atoms with Crippen LogP contribution in [0.15, 0.2) is 53.0 Å². The fraction of sp³-hybridized carbons (Fsp3) is 0.200. The van der Waals surface area contributed by atoms with E-state index in [1.807, 2.05) is 42.5 Å². The summed E-state index contributed by atoms with van der Waals surface area (Å²) in [6, 6.07) is 15.3. The van der Waals surface area contributed by atoms with Crippen molar-refractivity contribution in [2.75, 3.05) is 20.3 Å². The van der Waals surface area contributed by atoms with Gasteiger partial charge in [-0.3, -0.25) is 9.89 Å². The highest BCUT2D eigenvalue weighted by atomic mass is 79.9. The van der Waals surface area contributed by atoms with E-state index in [1.54, 1.807) is 18.0 Å². The van der Waals surface area contributed by atoms with Gasteiger partial charge in [0.05, 0.1) is 5.69 Å². The molecule has 0 aliphatic carbocycles. The van der Waals surface area contributed by atoms with Crippen molar-refractivity contribution in [3.63, 3.8) is 0 Å². The Morgan fingerprint density at radius 2 is 1.85 bits per heavy atom. The van der Waals surface area contributed by atoms with E-state index in [0.29, 0.717) is 25.5 Å². The molecule has 1 aromatic heterocycles. The van der Waals surface area contributed by atoms with Gasteiger partial charge >= 0.3 is 0 Å². The molecule has 0 spiro atoms. The molecule has 1 N–H and O–H groups in total. The maximum absolute atomic E-state index is 12.7. The zero-order valence-electron chi connectivity index (χ0n) is 14.7. The summed E-state index contributed by atoms with van der Waals surface area (Å²) in [7, 11) is 1.76. The fourth-order valence-corrected chi connectivity index (χ4v) is 3.20. The number of H-pyrrole nitrogens is 1. The standard InChI is InChI=1S/C20H18BrN3O3/c1-24(12-13-2-7-18-19(10-13)27-9-8-26-18)20(25)17-11-16(22-23-17)14-3-5-15(21)6-4-14/h2-7,10-11H,8-9,12H2,1H3,(H,22,23). The molecule has 1 amide bonds. The highest BCUT2D eigenvalue weighted by Gasteiger charge is 2.17. The number of amides is 1. The molecule has 0 radical (unpaired) electrons. The van der Waals surface area contributed by atoms with Gasteiger partial charge in [-0.15, -0.1) is 0 Å². The van der Waals surface area contributed by atoms with Crippen LogP contribution in [0.1, 0.15) is 16.1 Å². The highest BCUT2D eigenvalue weighted by Crippen LogP contribution is 2.31. The van der Waals surface area contributed by atoms with Crippen molar-refractivity contribution >= 4 is 21.8 Å². The van der Waals surface area contributed by atoms with Gasteiger partial charge in [0.15, 0.2) is 11.5 Å². The number of nitrogens with one attached hydrogen (secondary N) is 1. The monoisotopic (exact) mass is 427 g/mol. The Labute approximate surface area is 165 Å². The normalized spacial score (nSPS) is 12.7. The molecular weight excluding hydrogens is 410 g/mol. The van der Waals surface area contributed by atoms with Crippen molar-refractivity contribution in [1.29, 1.82) is 0 Å². The van der Waals surface area contributed by atoms with Gasteiger partial charge in [0.1, 0.15) is 18.9 Å². The Kier molecular flexibility index (Phi) is 4.85. The maximum atomic E-state index is 12.7. The average Bonchev–Trinajstić information content (AvgIpc) is 3.18. The van der Waals surface area contributed by atoms with E-state index in [4.69, 9.17) is 9.47 Å². The fourth-order valence-electron chi connectivity index (χ4n) is 2.94. The van der Waals surface area contributed by atoms with Crippen molar-refractivity contribution in [2.45, 2.75) is 6.54 Å². The number of ether oxygens (including phenoxy) is 2. The second kappa shape index (κ2) is 7.44. The van der Waals surface area contributed by atoms with Gasteiger partial charge in [0, 0.05) is 23.6 Å². The Hall–Kier alpha value is -2.80. The third-order valence-electron chi connectivity index (χ3n) is 4.32. The topological polar surface area (TPSA) is 67.5 Å². The highest BCUT2D eigenvalue weighted by molar-refractivity contribution is 9.10. The molecule has 3 aromatic rings. The predicted octanol–water partition coefficient (Wildman–Crippen LogP) is 3.88. The summed E-state index contributed by atoms with van der Waals surface area (Å²) in [5, 5.41) is 7.10. The van der Waals surface area contributed by atoms with E-state index >= 15 is 0 Å². The maximum Gasteiger partial charge on any atom is 0.271 e. The molecule has 138 valence electrons. The first-order chi connectivity index (χ1) is 13.1. The summed E-state index contributed by atoms with van der Waals surface area (Å²) >= 11 is 3.41. The van der Waals surface area contributed by atoms with Crippen LogP contribution in [-0.2, 0) is 6.54 Å². The summed E-state index contributed by atoms with van der Waals surface area (Å²) in [6.07, 6.45) is 0. The lowest BCUT2D eigenvalue weighted by Crippen LogP contribution is -2.26. The van der Waals surface area contributed by atoms with E-state index in [1.165, 1.54) is 0 Å². The van der Waals surface area contributed by atoms with Crippen LogP contribution in [0, 0.1) is 0 Å². The van der Waals surface area contributed by atoms with Crippen molar-refractivity contribution in [3.8, 4) is 22.8 Å². The Morgan fingerprint density at radius 1 is 1.11 bits per heavy atom. The Balaban J connectivity index is 1.47. The number of benzene rings is 2. The molecule has 2 aromatic carbocycles. The van der Waals surface area contributed by atoms with Gasteiger partial charge in [-0.25, -0.2) is 0 Å². The first kappa shape index (κ1) is 17.6. The van der Waals surface area contributed by atoms with Crippen molar-refractivity contribution in [3.05, 3.63) is 64.3 Å². The van der Waals surface area contributed by atoms with Gasteiger partial charge in [-0.05, 0) is 35.9 Å². The molecule has 7 heteroatoms. The number of nitrogens with zero attached hydrogens (tertiary/aromatic N) is 2. The van der Waals surface area contributed by atoms with E-state index < -0.39 is 0 Å². The first-order valence-electron chi connectivity index (χ1n) is 8.55. The number of aromatic amines is 1. The Bertz CT molecular complexity index is 969. The van der Waals surface area contributed by atoms with Crippen LogP contribution >= 0.6 is 15.9 Å². The van der Waals surface area contributed by atoms with Gasteiger partial charge in [-0.1, -0.05) is 34.1 Å². The van der Waals surface area contributed by atoms with Crippen LogP contribution in [0.4, 0.5) is 0 Å². The number of hydrogen-bond donors (Lipinski definition) is 1. The van der Waals surface area contributed by atoms with Crippen LogP contribution < -0.4 is 9.47 Å². The molecule has 1 aliphatic heterocycles. The molecule has 0 unspecified atom stereocenters. The lowest BCUT2D eigenvalue weighted by molar-refractivity contribution is 0.0779. The van der Waals surface area contributed by atoms with Crippen LogP contribution in [0.5, 0.6) is 11.5 Å². The predicted molar refractivity (Wildman–Crippen MR) is 105 cm³/mol. The number of rotatable bonds is 4. The minimum absolute atomic E-state index is 0.124. The van der Waals surface area contributed by atoms with Crippen LogP contribution in [0.3, 0.4) is 0 Å². The van der Waals surface area contributed by atoms with E-state index in [2.05, 4.69) is 26.1 Å². The lowest BCUT2D eigenvalue weighted by Gasteiger charge is -2.21. The number of halogens is 1. The van der Waals surface area contributed by atoms with E-state index in [-0.39, 0.29) is 5.91 Å². The summed E-state index contributed by atoms with van der Waals surface area (Å²) in [4.78, 5) is 14.4. The zero-order valence-corrected chi connectivity index (χ0v) is 16.3. The van der Waals surface area contributed by atoms with Gasteiger partial charge in [0.2, 0.25) is 0 Å². The minimum Gasteiger partial charge on any atom is -0.486 e. The third kappa shape index (κ3) is 3.83. The second-order valence-corrected chi connectivity index (χ2v) is 7.23. The Morgan fingerprint density at radius 3 is 2.63 bits per heavy atom. The molecular formula is C20H18BrN3O3. The summed E-state index contributed by atoms with van der Waals surface area (Å²) in [6.45, 7) is 1.56. The van der Waals surface area contributed by atoms with Crippen LogP contribution in [-0.4, -0.2) is 41.3 Å². The zero-order chi connectivity index (χ0) is 18.8. The quantitative estimate of drug-likeness (QED) is 0.685. The number of fused-ring (bicyclic) bond motifs is 1. The number of carbonyl (C=O) groups is 1. The molecule has 27 heavy (non-hydrogen) atoms. The van der Waals surface area contributed by atoms with E-state index in [9.17, 15) is 4.79 Å². The van der Waals surface area contributed by atoms with E-state index in [0.717, 1.165) is 32.8 Å². The average molecular weight is 428 g/mol. The largest absolute Gasteiger partial charge is 0.486 e. The first-order valence-corrected chi connectivity index (χ1v) is 9.35. The summed E-state index contributed by atoms with van der Waals surface area (Å²) in [5.74, 6) is 1.34. The molecule has 6 nitrogen and oxygen atoms in total. The smallest absolute Gasteiger partial charge is 0.271 e. The van der Waals surface area contributed by atoms with Crippen molar-refractivity contribution < 1.29 is 14.3 Å². The molecule has 4 rings (SSSR count). The SMILES string of the molecule is CN(Cc1ccc2c(c1)OCCO2)C(=O)c1cc(-c2ccc(Br)cc2)n[nH]1. The molecule has 1 aliphatic rings. The lowest BCUT2D eigenvalue weighted by atomic mass is 10.1.